The van der Waals surface area contributed by atoms with Gasteiger partial charge in [0, 0.05) is 23.6 Å². The van der Waals surface area contributed by atoms with Crippen molar-refractivity contribution in [2.45, 2.75) is 37.8 Å². The van der Waals surface area contributed by atoms with Crippen LogP contribution in [0.3, 0.4) is 0 Å². The first-order valence-electron chi connectivity index (χ1n) is 11.7. The van der Waals surface area contributed by atoms with E-state index in [-0.39, 0.29) is 17.3 Å². The standard InChI is InChI=1S/C27H29Cl2N3O4S/c1-4-24(27(34)30-3)31(17-20-10-6-7-11-23(20)29)26(33)18-32(25-12-8-5-9-19(25)2)37(35,36)22-15-13-21(28)14-16-22/h5-16,24H,4,17-18H2,1-3H3,(H,30,34). The molecule has 0 spiro atoms. The van der Waals surface area contributed by atoms with Gasteiger partial charge in [-0.25, -0.2) is 8.42 Å². The average molecular weight is 563 g/mol. The van der Waals surface area contributed by atoms with Gasteiger partial charge in [0.15, 0.2) is 0 Å². The van der Waals surface area contributed by atoms with E-state index in [4.69, 9.17) is 23.2 Å². The number of carbonyl (C=O) groups is 2. The van der Waals surface area contributed by atoms with Crippen molar-refractivity contribution in [2.75, 3.05) is 17.9 Å². The number of nitrogens with one attached hydrogen (secondary N) is 1. The fourth-order valence-corrected chi connectivity index (χ4v) is 5.79. The highest BCUT2D eigenvalue weighted by molar-refractivity contribution is 7.92. The minimum absolute atomic E-state index is 0.0102. The smallest absolute Gasteiger partial charge is 0.264 e. The van der Waals surface area contributed by atoms with Crippen LogP contribution in [0.5, 0.6) is 0 Å². The van der Waals surface area contributed by atoms with Gasteiger partial charge in [0.25, 0.3) is 10.0 Å². The maximum atomic E-state index is 13.9. The molecule has 0 bridgehead atoms. The molecule has 3 aromatic carbocycles. The molecule has 0 aliphatic rings. The van der Waals surface area contributed by atoms with Gasteiger partial charge in [0.2, 0.25) is 11.8 Å². The largest absolute Gasteiger partial charge is 0.357 e. The van der Waals surface area contributed by atoms with E-state index in [1.165, 1.54) is 36.2 Å². The molecule has 2 amide bonds. The number of anilines is 1. The van der Waals surface area contributed by atoms with Crippen LogP contribution in [0.25, 0.3) is 0 Å². The average Bonchev–Trinajstić information content (AvgIpc) is 2.88. The summed E-state index contributed by atoms with van der Waals surface area (Å²) in [5, 5.41) is 3.43. The van der Waals surface area contributed by atoms with Crippen LogP contribution in [0.1, 0.15) is 24.5 Å². The molecular weight excluding hydrogens is 533 g/mol. The number of likely N-dealkylation sites (N-methyl/N-ethyl adjacent to an activating group) is 1. The maximum absolute atomic E-state index is 13.9. The highest BCUT2D eigenvalue weighted by Gasteiger charge is 2.34. The van der Waals surface area contributed by atoms with Gasteiger partial charge in [0.1, 0.15) is 12.6 Å². The predicted molar refractivity (Wildman–Crippen MR) is 147 cm³/mol. The molecule has 3 rings (SSSR count). The third kappa shape index (κ3) is 6.63. The van der Waals surface area contributed by atoms with Gasteiger partial charge in [-0.15, -0.1) is 0 Å². The Kier molecular flexibility index (Phi) is 9.59. The molecule has 0 aromatic heterocycles. The van der Waals surface area contributed by atoms with Crippen molar-refractivity contribution < 1.29 is 18.0 Å². The highest BCUT2D eigenvalue weighted by Crippen LogP contribution is 2.28. The quantitative estimate of drug-likeness (QED) is 0.375. The molecular formula is C27H29Cl2N3O4S. The fraction of sp³-hybridized carbons (Fsp3) is 0.259. The van der Waals surface area contributed by atoms with E-state index in [2.05, 4.69) is 5.32 Å². The predicted octanol–water partition coefficient (Wildman–Crippen LogP) is 5.05. The Bertz CT molecular complexity index is 1360. The Balaban J connectivity index is 2.08. The van der Waals surface area contributed by atoms with Crippen LogP contribution in [0.2, 0.25) is 10.0 Å². The van der Waals surface area contributed by atoms with Gasteiger partial charge in [-0.1, -0.05) is 66.5 Å². The van der Waals surface area contributed by atoms with E-state index < -0.39 is 28.5 Å². The number of aryl methyl sites for hydroxylation is 1. The van der Waals surface area contributed by atoms with E-state index >= 15 is 0 Å². The number of carbonyl (C=O) groups excluding carboxylic acids is 2. The van der Waals surface area contributed by atoms with Crippen LogP contribution in [-0.2, 0) is 26.2 Å². The Morgan fingerprint density at radius 1 is 0.946 bits per heavy atom. The van der Waals surface area contributed by atoms with Crippen LogP contribution in [0.4, 0.5) is 5.69 Å². The van der Waals surface area contributed by atoms with Crippen LogP contribution in [-0.4, -0.2) is 44.8 Å². The number of amides is 2. The molecule has 1 N–H and O–H groups in total. The summed E-state index contributed by atoms with van der Waals surface area (Å²) in [4.78, 5) is 28.0. The summed E-state index contributed by atoms with van der Waals surface area (Å²) < 4.78 is 28.7. The lowest BCUT2D eigenvalue weighted by Crippen LogP contribution is -2.51. The van der Waals surface area contributed by atoms with E-state index in [9.17, 15) is 18.0 Å². The molecule has 0 saturated heterocycles. The minimum atomic E-state index is -4.16. The molecule has 1 unspecified atom stereocenters. The number of hydrogen-bond donors (Lipinski definition) is 1. The first-order valence-corrected chi connectivity index (χ1v) is 13.9. The molecule has 196 valence electrons. The zero-order valence-electron chi connectivity index (χ0n) is 20.8. The Morgan fingerprint density at radius 2 is 1.57 bits per heavy atom. The van der Waals surface area contributed by atoms with Gasteiger partial charge in [-0.05, 0) is 60.9 Å². The minimum Gasteiger partial charge on any atom is -0.357 e. The molecule has 7 nitrogen and oxygen atoms in total. The van der Waals surface area contributed by atoms with E-state index in [1.807, 2.05) is 0 Å². The Hall–Kier alpha value is -3.07. The normalized spacial score (nSPS) is 12.0. The topological polar surface area (TPSA) is 86.8 Å². The monoisotopic (exact) mass is 561 g/mol. The fourth-order valence-electron chi connectivity index (χ4n) is 3.99. The summed E-state index contributed by atoms with van der Waals surface area (Å²) in [6, 6.07) is 18.9. The highest BCUT2D eigenvalue weighted by atomic mass is 35.5. The van der Waals surface area contributed by atoms with E-state index in [0.29, 0.717) is 33.3 Å². The number of halogens is 2. The van der Waals surface area contributed by atoms with Crippen molar-refractivity contribution in [1.29, 1.82) is 0 Å². The summed E-state index contributed by atoms with van der Waals surface area (Å²) in [5.74, 6) is -0.901. The van der Waals surface area contributed by atoms with Crippen LogP contribution >= 0.6 is 23.2 Å². The van der Waals surface area contributed by atoms with Crippen molar-refractivity contribution in [3.8, 4) is 0 Å². The van der Waals surface area contributed by atoms with Gasteiger partial charge in [-0.2, -0.15) is 0 Å². The third-order valence-corrected chi connectivity index (χ3v) is 8.39. The van der Waals surface area contributed by atoms with E-state index in [1.54, 1.807) is 62.4 Å². The van der Waals surface area contributed by atoms with Crippen LogP contribution in [0.15, 0.2) is 77.7 Å². The van der Waals surface area contributed by atoms with Gasteiger partial charge < -0.3 is 10.2 Å². The summed E-state index contributed by atoms with van der Waals surface area (Å²) in [6.45, 7) is 3.07. The molecule has 0 fully saturated rings. The lowest BCUT2D eigenvalue weighted by Gasteiger charge is -2.33. The number of rotatable bonds is 10. The van der Waals surface area contributed by atoms with Gasteiger partial charge in [0.05, 0.1) is 10.6 Å². The second kappa shape index (κ2) is 12.4. The molecule has 0 radical (unpaired) electrons. The van der Waals surface area contributed by atoms with Gasteiger partial charge >= 0.3 is 0 Å². The van der Waals surface area contributed by atoms with Crippen molar-refractivity contribution in [3.63, 3.8) is 0 Å². The second-order valence-electron chi connectivity index (χ2n) is 8.40. The molecule has 0 aliphatic heterocycles. The zero-order valence-corrected chi connectivity index (χ0v) is 23.1. The van der Waals surface area contributed by atoms with Crippen LogP contribution in [0, 0.1) is 6.92 Å². The molecule has 10 heteroatoms. The molecule has 0 heterocycles. The number of nitrogens with zero attached hydrogens (tertiary/aromatic N) is 2. The summed E-state index contributed by atoms with van der Waals surface area (Å²) in [5.41, 5.74) is 1.67. The maximum Gasteiger partial charge on any atom is 0.264 e. The SMILES string of the molecule is CCC(C(=O)NC)N(Cc1ccccc1Cl)C(=O)CN(c1ccccc1C)S(=O)(=O)c1ccc(Cl)cc1. The molecule has 3 aromatic rings. The number of sulfonamides is 1. The Labute approximate surface area is 228 Å². The summed E-state index contributed by atoms with van der Waals surface area (Å²) in [7, 11) is -2.67. The zero-order chi connectivity index (χ0) is 27.2. The summed E-state index contributed by atoms with van der Waals surface area (Å²) >= 11 is 12.3. The lowest BCUT2D eigenvalue weighted by atomic mass is 10.1. The van der Waals surface area contributed by atoms with Crippen molar-refractivity contribution in [3.05, 3.63) is 94.0 Å². The molecule has 0 saturated carbocycles. The number of benzene rings is 3. The third-order valence-electron chi connectivity index (χ3n) is 6.00. The first-order chi connectivity index (χ1) is 17.6. The lowest BCUT2D eigenvalue weighted by molar-refractivity contribution is -0.140. The first kappa shape index (κ1) is 28.5. The summed E-state index contributed by atoms with van der Waals surface area (Å²) in [6.07, 6.45) is 0.324. The van der Waals surface area contributed by atoms with Crippen molar-refractivity contribution in [1.82, 2.24) is 10.2 Å². The van der Waals surface area contributed by atoms with Crippen molar-refractivity contribution in [2.24, 2.45) is 0 Å². The Morgan fingerprint density at radius 3 is 2.16 bits per heavy atom. The number of hydrogen-bond acceptors (Lipinski definition) is 4. The second-order valence-corrected chi connectivity index (χ2v) is 11.1. The number of para-hydroxylation sites is 1. The molecule has 37 heavy (non-hydrogen) atoms. The van der Waals surface area contributed by atoms with Crippen LogP contribution < -0.4 is 9.62 Å². The van der Waals surface area contributed by atoms with E-state index in [0.717, 1.165) is 4.31 Å². The molecule has 1 atom stereocenters. The van der Waals surface area contributed by atoms with Crippen molar-refractivity contribution >= 4 is 50.7 Å². The molecule has 0 aliphatic carbocycles. The van der Waals surface area contributed by atoms with Gasteiger partial charge in [-0.3, -0.25) is 13.9 Å².